The molecule has 0 aliphatic heterocycles. The molecule has 1 fully saturated rings. The molecule has 0 atom stereocenters. The zero-order valence-electron chi connectivity index (χ0n) is 16.7. The molecule has 146 valence electrons. The van der Waals surface area contributed by atoms with Gasteiger partial charge in [0.1, 0.15) is 5.82 Å². The lowest BCUT2D eigenvalue weighted by Crippen LogP contribution is -2.21. The van der Waals surface area contributed by atoms with E-state index < -0.39 is 0 Å². The molecule has 1 amide bonds. The van der Waals surface area contributed by atoms with E-state index in [1.165, 1.54) is 23.9 Å². The minimum Gasteiger partial charge on any atom is -0.328 e. The third-order valence-electron chi connectivity index (χ3n) is 5.80. The van der Waals surface area contributed by atoms with Crippen molar-refractivity contribution in [2.75, 3.05) is 5.32 Å². The maximum atomic E-state index is 12.6. The smallest absolute Gasteiger partial charge is 0.227 e. The number of anilines is 1. The van der Waals surface area contributed by atoms with E-state index in [0.29, 0.717) is 0 Å². The van der Waals surface area contributed by atoms with Crippen LogP contribution in [0.4, 0.5) is 5.69 Å². The zero-order valence-corrected chi connectivity index (χ0v) is 16.7. The predicted molar refractivity (Wildman–Crippen MR) is 114 cm³/mol. The maximum Gasteiger partial charge on any atom is 0.227 e. The van der Waals surface area contributed by atoms with Crippen molar-refractivity contribution >= 4 is 22.6 Å². The summed E-state index contributed by atoms with van der Waals surface area (Å²) in [6.45, 7) is 3.18. The van der Waals surface area contributed by atoms with Crippen LogP contribution in [0.15, 0.2) is 48.5 Å². The van der Waals surface area contributed by atoms with Crippen LogP contribution in [0.25, 0.3) is 11.0 Å². The van der Waals surface area contributed by atoms with Gasteiger partial charge in [0.25, 0.3) is 0 Å². The first-order valence-electron chi connectivity index (χ1n) is 10.6. The normalized spacial score (nSPS) is 14.6. The van der Waals surface area contributed by atoms with E-state index in [1.54, 1.807) is 0 Å². The molecule has 4 nitrogen and oxygen atoms in total. The van der Waals surface area contributed by atoms with Crippen molar-refractivity contribution in [3.05, 3.63) is 59.9 Å². The molecule has 1 aromatic heterocycles. The summed E-state index contributed by atoms with van der Waals surface area (Å²) in [7, 11) is 0. The molecular weight excluding hydrogens is 346 g/mol. The molecule has 0 saturated heterocycles. The van der Waals surface area contributed by atoms with E-state index in [0.717, 1.165) is 55.7 Å². The summed E-state index contributed by atoms with van der Waals surface area (Å²) in [6.07, 6.45) is 7.21. The quantitative estimate of drug-likeness (QED) is 0.604. The van der Waals surface area contributed by atoms with Crippen LogP contribution in [0.1, 0.15) is 50.4 Å². The lowest BCUT2D eigenvalue weighted by atomic mass is 10.0. The fourth-order valence-electron chi connectivity index (χ4n) is 4.32. The highest BCUT2D eigenvalue weighted by atomic mass is 16.1. The topological polar surface area (TPSA) is 46.9 Å². The van der Waals surface area contributed by atoms with E-state index in [9.17, 15) is 4.79 Å². The van der Waals surface area contributed by atoms with Crippen molar-refractivity contribution < 1.29 is 4.79 Å². The van der Waals surface area contributed by atoms with E-state index >= 15 is 0 Å². The molecule has 0 radical (unpaired) electrons. The zero-order chi connectivity index (χ0) is 19.3. The minimum absolute atomic E-state index is 0.182. The highest BCUT2D eigenvalue weighted by molar-refractivity contribution is 5.93. The van der Waals surface area contributed by atoms with Crippen LogP contribution in [-0.2, 0) is 24.2 Å². The Balaban J connectivity index is 1.52. The molecule has 1 N–H and O–H groups in total. The summed E-state index contributed by atoms with van der Waals surface area (Å²) in [5.74, 6) is 1.49. The number of nitrogens with one attached hydrogen (secondary N) is 1. The number of benzene rings is 2. The van der Waals surface area contributed by atoms with Gasteiger partial charge in [-0.25, -0.2) is 4.98 Å². The van der Waals surface area contributed by atoms with Gasteiger partial charge in [0.2, 0.25) is 5.91 Å². The third-order valence-corrected chi connectivity index (χ3v) is 5.80. The van der Waals surface area contributed by atoms with Gasteiger partial charge in [-0.05, 0) is 49.4 Å². The lowest BCUT2D eigenvalue weighted by molar-refractivity contribution is -0.119. The summed E-state index contributed by atoms with van der Waals surface area (Å²) in [5, 5.41) is 3.19. The predicted octanol–water partition coefficient (Wildman–Crippen LogP) is 5.36. The number of rotatable bonds is 7. The fraction of sp³-hybridized carbons (Fsp3) is 0.417. The number of carbonyl (C=O) groups excluding carboxylic acids is 1. The number of para-hydroxylation sites is 3. The van der Waals surface area contributed by atoms with E-state index in [2.05, 4.69) is 47.1 Å². The van der Waals surface area contributed by atoms with Gasteiger partial charge < -0.3 is 9.88 Å². The van der Waals surface area contributed by atoms with Gasteiger partial charge in [-0.15, -0.1) is 0 Å². The Morgan fingerprint density at radius 1 is 1.07 bits per heavy atom. The van der Waals surface area contributed by atoms with Gasteiger partial charge >= 0.3 is 0 Å². The Kier molecular flexibility index (Phi) is 5.75. The highest BCUT2D eigenvalue weighted by Crippen LogP contribution is 2.27. The monoisotopic (exact) mass is 375 g/mol. The van der Waals surface area contributed by atoms with Crippen molar-refractivity contribution in [2.24, 2.45) is 5.92 Å². The van der Waals surface area contributed by atoms with Crippen LogP contribution < -0.4 is 5.32 Å². The minimum atomic E-state index is 0.182. The molecule has 1 aliphatic carbocycles. The Morgan fingerprint density at radius 3 is 2.64 bits per heavy atom. The van der Waals surface area contributed by atoms with Crippen LogP contribution in [0.5, 0.6) is 0 Å². The van der Waals surface area contributed by atoms with Gasteiger partial charge in [0, 0.05) is 24.6 Å². The summed E-state index contributed by atoms with van der Waals surface area (Å²) >= 11 is 0. The summed E-state index contributed by atoms with van der Waals surface area (Å²) in [6, 6.07) is 16.6. The Hall–Kier alpha value is -2.62. The molecular formula is C24H29N3O. The number of aryl methyl sites for hydroxylation is 3. The van der Waals surface area contributed by atoms with Crippen LogP contribution in [-0.4, -0.2) is 15.5 Å². The number of carbonyl (C=O) groups is 1. The number of nitrogens with zero attached hydrogens (tertiary/aromatic N) is 2. The van der Waals surface area contributed by atoms with Crippen LogP contribution in [0.2, 0.25) is 0 Å². The molecule has 1 saturated carbocycles. The Labute approximate surface area is 167 Å². The SMILES string of the molecule is CCCn1c(CCc2ccccc2NC(=O)C2CCCC2)nc2ccccc21. The van der Waals surface area contributed by atoms with Crippen LogP contribution in [0.3, 0.4) is 0 Å². The summed E-state index contributed by atoms with van der Waals surface area (Å²) in [5.41, 5.74) is 4.41. The van der Waals surface area contributed by atoms with Crippen molar-refractivity contribution in [1.82, 2.24) is 9.55 Å². The molecule has 3 aromatic rings. The van der Waals surface area contributed by atoms with Crippen molar-refractivity contribution in [2.45, 2.75) is 58.4 Å². The molecule has 1 heterocycles. The van der Waals surface area contributed by atoms with Crippen molar-refractivity contribution in [3.8, 4) is 0 Å². The lowest BCUT2D eigenvalue weighted by Gasteiger charge is -2.14. The van der Waals surface area contributed by atoms with Gasteiger partial charge in [0.05, 0.1) is 11.0 Å². The second-order valence-electron chi connectivity index (χ2n) is 7.80. The highest BCUT2D eigenvalue weighted by Gasteiger charge is 2.23. The number of hydrogen-bond acceptors (Lipinski definition) is 2. The second-order valence-corrected chi connectivity index (χ2v) is 7.80. The van der Waals surface area contributed by atoms with Crippen LogP contribution >= 0.6 is 0 Å². The molecule has 0 spiro atoms. The summed E-state index contributed by atoms with van der Waals surface area (Å²) in [4.78, 5) is 17.4. The number of fused-ring (bicyclic) bond motifs is 1. The third kappa shape index (κ3) is 3.96. The largest absolute Gasteiger partial charge is 0.328 e. The average Bonchev–Trinajstić information content (AvgIpc) is 3.36. The number of amides is 1. The summed E-state index contributed by atoms with van der Waals surface area (Å²) < 4.78 is 2.34. The standard InChI is InChI=1S/C24H29N3O/c1-2-17-27-22-14-8-7-13-21(22)25-23(27)16-15-18-9-5-6-12-20(18)26-24(28)19-10-3-4-11-19/h5-9,12-14,19H,2-4,10-11,15-17H2,1H3,(H,26,28). The molecule has 0 unspecified atom stereocenters. The van der Waals surface area contributed by atoms with Crippen molar-refractivity contribution in [1.29, 1.82) is 0 Å². The number of hydrogen-bond donors (Lipinski definition) is 1. The first-order valence-corrected chi connectivity index (χ1v) is 10.6. The molecule has 28 heavy (non-hydrogen) atoms. The van der Waals surface area contributed by atoms with Gasteiger partial charge in [-0.2, -0.15) is 0 Å². The number of aromatic nitrogens is 2. The van der Waals surface area contributed by atoms with E-state index in [-0.39, 0.29) is 11.8 Å². The Morgan fingerprint density at radius 2 is 1.82 bits per heavy atom. The van der Waals surface area contributed by atoms with E-state index in [4.69, 9.17) is 4.98 Å². The number of imidazole rings is 1. The van der Waals surface area contributed by atoms with Gasteiger partial charge in [-0.1, -0.05) is 50.1 Å². The van der Waals surface area contributed by atoms with E-state index in [1.807, 2.05) is 18.2 Å². The molecule has 4 rings (SSSR count). The first-order chi connectivity index (χ1) is 13.8. The molecule has 1 aliphatic rings. The van der Waals surface area contributed by atoms with Gasteiger partial charge in [-0.3, -0.25) is 4.79 Å². The van der Waals surface area contributed by atoms with Gasteiger partial charge in [0.15, 0.2) is 0 Å². The maximum absolute atomic E-state index is 12.6. The van der Waals surface area contributed by atoms with Crippen molar-refractivity contribution in [3.63, 3.8) is 0 Å². The molecule has 2 aromatic carbocycles. The second kappa shape index (κ2) is 8.59. The first kappa shape index (κ1) is 18.7. The fourth-order valence-corrected chi connectivity index (χ4v) is 4.32. The molecule has 0 bridgehead atoms. The average molecular weight is 376 g/mol. The van der Waals surface area contributed by atoms with Crippen LogP contribution in [0, 0.1) is 5.92 Å². The molecule has 4 heteroatoms. The Bertz CT molecular complexity index is 953.